The van der Waals surface area contributed by atoms with Gasteiger partial charge in [-0.1, -0.05) is 33.8 Å². The zero-order valence-electron chi connectivity index (χ0n) is 22.4. The van der Waals surface area contributed by atoms with Crippen LogP contribution in [-0.2, 0) is 35.0 Å². The highest BCUT2D eigenvalue weighted by atomic mass is 16.7. The van der Waals surface area contributed by atoms with Crippen molar-refractivity contribution in [2.24, 2.45) is 17.6 Å². The van der Waals surface area contributed by atoms with Crippen LogP contribution in [0.4, 0.5) is 9.59 Å². The molecule has 37 heavy (non-hydrogen) atoms. The summed E-state index contributed by atoms with van der Waals surface area (Å²) < 4.78 is 30.6. The number of esters is 2. The monoisotopic (exact) mass is 525 g/mol. The number of carbonyl (C=O) groups excluding carboxylic acids is 4. The molecule has 0 fully saturated rings. The van der Waals surface area contributed by atoms with Crippen molar-refractivity contribution in [3.05, 3.63) is 23.8 Å². The highest BCUT2D eigenvalue weighted by Gasteiger charge is 2.22. The van der Waals surface area contributed by atoms with Gasteiger partial charge in [-0.05, 0) is 55.7 Å². The van der Waals surface area contributed by atoms with Crippen LogP contribution in [0, 0.1) is 11.8 Å². The fraction of sp³-hybridized carbons (Fsp3) is 0.615. The minimum Gasteiger partial charge on any atom is -0.462 e. The molecule has 1 aromatic carbocycles. The van der Waals surface area contributed by atoms with E-state index >= 15 is 0 Å². The molecule has 2 atom stereocenters. The van der Waals surface area contributed by atoms with Crippen LogP contribution < -0.4 is 15.2 Å². The summed E-state index contributed by atoms with van der Waals surface area (Å²) in [6.07, 6.45) is -1.27. The molecule has 1 aromatic rings. The Bertz CT molecular complexity index is 899. The molecule has 0 radical (unpaired) electrons. The molecule has 0 aliphatic heterocycles. The average Bonchev–Trinajstić information content (AvgIpc) is 2.78. The number of rotatable bonds is 14. The van der Waals surface area contributed by atoms with E-state index in [1.54, 1.807) is 13.0 Å². The van der Waals surface area contributed by atoms with Crippen LogP contribution in [0.1, 0.15) is 59.9 Å². The summed E-state index contributed by atoms with van der Waals surface area (Å²) in [7, 11) is 0. The Labute approximate surface area is 217 Å². The summed E-state index contributed by atoms with van der Waals surface area (Å²) in [5, 5.41) is 0. The molecule has 0 saturated heterocycles. The third kappa shape index (κ3) is 14.1. The number of carbonyl (C=O) groups is 4. The van der Waals surface area contributed by atoms with Crippen LogP contribution in [0.5, 0.6) is 11.5 Å². The van der Waals surface area contributed by atoms with E-state index in [4.69, 9.17) is 34.2 Å². The fourth-order valence-corrected chi connectivity index (χ4v) is 2.73. The summed E-state index contributed by atoms with van der Waals surface area (Å²) in [5.74, 6) is -0.694. The highest BCUT2D eigenvalue weighted by Crippen LogP contribution is 2.30. The van der Waals surface area contributed by atoms with Gasteiger partial charge in [-0.2, -0.15) is 0 Å². The minimum absolute atomic E-state index is 0.0248. The number of ether oxygens (including phenoxy) is 6. The van der Waals surface area contributed by atoms with Crippen molar-refractivity contribution in [1.29, 1.82) is 0 Å². The first kappa shape index (κ1) is 31.7. The lowest BCUT2D eigenvalue weighted by molar-refractivity contribution is -0.157. The number of nitrogens with two attached hydrogens (primary N) is 1. The Kier molecular flexibility index (Phi) is 14.1. The molecule has 0 aliphatic rings. The molecule has 0 saturated carbocycles. The van der Waals surface area contributed by atoms with Crippen molar-refractivity contribution in [2.75, 3.05) is 19.8 Å². The van der Waals surface area contributed by atoms with Crippen LogP contribution in [-0.4, -0.2) is 56.2 Å². The molecule has 0 unspecified atom stereocenters. The molecule has 11 heteroatoms. The maximum Gasteiger partial charge on any atom is 0.513 e. The molecule has 0 aliphatic carbocycles. The number of benzene rings is 1. The minimum atomic E-state index is -1.06. The molecule has 11 nitrogen and oxygen atoms in total. The van der Waals surface area contributed by atoms with E-state index in [-0.39, 0.29) is 37.7 Å². The molecule has 208 valence electrons. The molecular formula is C26H39NO10. The van der Waals surface area contributed by atoms with Crippen molar-refractivity contribution in [1.82, 2.24) is 0 Å². The van der Waals surface area contributed by atoms with Gasteiger partial charge < -0.3 is 34.2 Å². The third-order valence-electron chi connectivity index (χ3n) is 4.82. The normalized spacial score (nSPS) is 12.5. The Morgan fingerprint density at radius 3 is 1.86 bits per heavy atom. The Balaban J connectivity index is 2.91. The predicted molar refractivity (Wildman–Crippen MR) is 133 cm³/mol. The first-order valence-corrected chi connectivity index (χ1v) is 12.3. The molecule has 0 bridgehead atoms. The summed E-state index contributed by atoms with van der Waals surface area (Å²) >= 11 is 0. The van der Waals surface area contributed by atoms with E-state index in [2.05, 4.69) is 0 Å². The maximum atomic E-state index is 12.3. The van der Waals surface area contributed by atoms with Crippen LogP contribution in [0.2, 0.25) is 0 Å². The molecule has 0 aromatic heterocycles. The van der Waals surface area contributed by atoms with Crippen molar-refractivity contribution in [3.63, 3.8) is 0 Å². The van der Waals surface area contributed by atoms with Gasteiger partial charge in [0.25, 0.3) is 0 Å². The van der Waals surface area contributed by atoms with E-state index in [1.165, 1.54) is 19.1 Å². The Hall–Kier alpha value is -3.34. The molecule has 2 N–H and O–H groups in total. The SMILES string of the molecule is CC(=O)OC[C@@H](C)OC(=O)[C@@H](N)Cc1ccc(OC(=O)OCCC(C)C)c(OC(=O)OCCC(C)C)c1. The van der Waals surface area contributed by atoms with Crippen LogP contribution in [0.3, 0.4) is 0 Å². The summed E-state index contributed by atoms with van der Waals surface area (Å²) in [6, 6.07) is 3.31. The van der Waals surface area contributed by atoms with Gasteiger partial charge >= 0.3 is 24.2 Å². The van der Waals surface area contributed by atoms with Crippen molar-refractivity contribution in [3.8, 4) is 11.5 Å². The molecule has 1 rings (SSSR count). The second kappa shape index (κ2) is 16.4. The lowest BCUT2D eigenvalue weighted by Gasteiger charge is -2.17. The second-order valence-corrected chi connectivity index (χ2v) is 9.41. The van der Waals surface area contributed by atoms with Gasteiger partial charge in [-0.3, -0.25) is 9.59 Å². The van der Waals surface area contributed by atoms with E-state index in [0.29, 0.717) is 30.2 Å². The van der Waals surface area contributed by atoms with E-state index < -0.39 is 36.4 Å². The topological polar surface area (TPSA) is 150 Å². The zero-order valence-corrected chi connectivity index (χ0v) is 22.4. The molecule has 0 spiro atoms. The Morgan fingerprint density at radius 1 is 0.811 bits per heavy atom. The molecular weight excluding hydrogens is 486 g/mol. The van der Waals surface area contributed by atoms with Gasteiger partial charge in [-0.15, -0.1) is 0 Å². The second-order valence-electron chi connectivity index (χ2n) is 9.41. The van der Waals surface area contributed by atoms with Gasteiger partial charge in [0.15, 0.2) is 11.5 Å². The zero-order chi connectivity index (χ0) is 28.0. The molecule has 0 amide bonds. The highest BCUT2D eigenvalue weighted by molar-refractivity contribution is 5.76. The van der Waals surface area contributed by atoms with Crippen LogP contribution in [0.15, 0.2) is 18.2 Å². The summed E-state index contributed by atoms with van der Waals surface area (Å²) in [5.41, 5.74) is 6.48. The van der Waals surface area contributed by atoms with E-state index in [1.807, 2.05) is 27.7 Å². The molecule has 0 heterocycles. The lowest BCUT2D eigenvalue weighted by atomic mass is 10.1. The third-order valence-corrected chi connectivity index (χ3v) is 4.82. The largest absolute Gasteiger partial charge is 0.513 e. The van der Waals surface area contributed by atoms with Crippen LogP contribution in [0.25, 0.3) is 0 Å². The lowest BCUT2D eigenvalue weighted by Crippen LogP contribution is -2.37. The van der Waals surface area contributed by atoms with Crippen molar-refractivity contribution < 1.29 is 47.6 Å². The summed E-state index contributed by atoms with van der Waals surface area (Å²) in [6.45, 7) is 11.0. The number of hydrogen-bond donors (Lipinski definition) is 1. The fourth-order valence-electron chi connectivity index (χ4n) is 2.73. The van der Waals surface area contributed by atoms with Crippen LogP contribution >= 0.6 is 0 Å². The van der Waals surface area contributed by atoms with Gasteiger partial charge in [0.05, 0.1) is 13.2 Å². The predicted octanol–water partition coefficient (Wildman–Crippen LogP) is 4.17. The van der Waals surface area contributed by atoms with Gasteiger partial charge in [0.1, 0.15) is 18.8 Å². The Morgan fingerprint density at radius 2 is 1.35 bits per heavy atom. The first-order chi connectivity index (χ1) is 17.4. The standard InChI is InChI=1S/C26H39NO10/c1-16(2)9-11-32-25(30)36-22-8-7-20(14-23(22)37-26(31)33-12-10-17(3)4)13-21(27)24(29)35-18(5)15-34-19(6)28/h7-8,14,16-18,21H,9-13,15,27H2,1-6H3/t18-,21+/m1/s1. The van der Waals surface area contributed by atoms with Crippen molar-refractivity contribution >= 4 is 24.2 Å². The maximum absolute atomic E-state index is 12.3. The smallest absolute Gasteiger partial charge is 0.462 e. The number of hydrogen-bond acceptors (Lipinski definition) is 11. The quantitative estimate of drug-likeness (QED) is 0.212. The van der Waals surface area contributed by atoms with E-state index in [9.17, 15) is 19.2 Å². The summed E-state index contributed by atoms with van der Waals surface area (Å²) in [4.78, 5) is 47.5. The van der Waals surface area contributed by atoms with E-state index in [0.717, 1.165) is 0 Å². The average molecular weight is 526 g/mol. The van der Waals surface area contributed by atoms with Gasteiger partial charge in [0, 0.05) is 6.92 Å². The van der Waals surface area contributed by atoms with Gasteiger partial charge in [0.2, 0.25) is 0 Å². The van der Waals surface area contributed by atoms with Crippen molar-refractivity contribution in [2.45, 2.75) is 73.0 Å². The first-order valence-electron chi connectivity index (χ1n) is 12.3. The van der Waals surface area contributed by atoms with Gasteiger partial charge in [-0.25, -0.2) is 9.59 Å².